The fourth-order valence-corrected chi connectivity index (χ4v) is 3.73. The first kappa shape index (κ1) is 19.1. The molecule has 0 atom stereocenters. The van der Waals surface area contributed by atoms with Crippen molar-refractivity contribution in [2.45, 2.75) is 6.92 Å². The van der Waals surface area contributed by atoms with Crippen LogP contribution < -0.4 is 15.6 Å². The SMILES string of the molecule is Cc1c(F)c(N2CCNCC2)cc2c1c(=O)c(C(=O)O)cn2-c1ccc(F)cc1. The van der Waals surface area contributed by atoms with Crippen LogP contribution in [0, 0.1) is 18.6 Å². The molecular weight excluding hydrogens is 380 g/mol. The van der Waals surface area contributed by atoms with Crippen LogP contribution in [0.1, 0.15) is 15.9 Å². The van der Waals surface area contributed by atoms with Gasteiger partial charge in [-0.3, -0.25) is 4.79 Å². The number of carboxylic acid groups (broad SMARTS) is 1. The number of piperazine rings is 1. The molecule has 0 bridgehead atoms. The molecule has 0 spiro atoms. The molecule has 0 radical (unpaired) electrons. The molecule has 1 aliphatic heterocycles. The van der Waals surface area contributed by atoms with E-state index in [4.69, 9.17) is 0 Å². The van der Waals surface area contributed by atoms with E-state index in [1.165, 1.54) is 42.0 Å². The van der Waals surface area contributed by atoms with Gasteiger partial charge in [0.2, 0.25) is 5.43 Å². The van der Waals surface area contributed by atoms with E-state index in [9.17, 15) is 19.1 Å². The summed E-state index contributed by atoms with van der Waals surface area (Å²) in [6.07, 6.45) is 1.21. The summed E-state index contributed by atoms with van der Waals surface area (Å²) in [5.74, 6) is -2.38. The van der Waals surface area contributed by atoms with Crippen molar-refractivity contribution < 1.29 is 18.7 Å². The van der Waals surface area contributed by atoms with E-state index in [1.54, 1.807) is 6.07 Å². The van der Waals surface area contributed by atoms with Gasteiger partial charge in [0.15, 0.2) is 0 Å². The van der Waals surface area contributed by atoms with Crippen LogP contribution in [-0.4, -0.2) is 41.8 Å². The lowest BCUT2D eigenvalue weighted by Crippen LogP contribution is -2.44. The standard InChI is InChI=1S/C21H19F2N3O3/c1-12-18-16(10-17(19(12)23)25-8-6-24-7-9-25)26(11-15(20(18)27)21(28)29)14-4-2-13(22)3-5-14/h2-5,10-11,24H,6-9H2,1H3,(H,28,29). The third-order valence-electron chi connectivity index (χ3n) is 5.24. The van der Waals surface area contributed by atoms with Crippen LogP contribution in [0.3, 0.4) is 0 Å². The number of pyridine rings is 1. The Bertz CT molecular complexity index is 1170. The zero-order valence-electron chi connectivity index (χ0n) is 15.7. The minimum Gasteiger partial charge on any atom is -0.477 e. The second kappa shape index (κ2) is 7.29. The number of carbonyl (C=O) groups is 1. The number of anilines is 1. The number of aromatic nitrogens is 1. The maximum atomic E-state index is 15.2. The van der Waals surface area contributed by atoms with Crippen LogP contribution in [0.25, 0.3) is 16.6 Å². The number of carboxylic acids is 1. The van der Waals surface area contributed by atoms with Crippen molar-refractivity contribution >= 4 is 22.6 Å². The van der Waals surface area contributed by atoms with Gasteiger partial charge in [0.25, 0.3) is 0 Å². The fourth-order valence-electron chi connectivity index (χ4n) is 3.73. The molecule has 0 aliphatic carbocycles. The van der Waals surface area contributed by atoms with E-state index in [2.05, 4.69) is 5.32 Å². The second-order valence-corrected chi connectivity index (χ2v) is 6.99. The first-order chi connectivity index (χ1) is 13.9. The average Bonchev–Trinajstić information content (AvgIpc) is 2.71. The lowest BCUT2D eigenvalue weighted by molar-refractivity contribution is 0.0695. The lowest BCUT2D eigenvalue weighted by atomic mass is 10.0. The van der Waals surface area contributed by atoms with Crippen LogP contribution in [0.4, 0.5) is 14.5 Å². The molecule has 0 saturated carbocycles. The van der Waals surface area contributed by atoms with Crippen molar-refractivity contribution in [3.8, 4) is 5.69 Å². The molecular formula is C21H19F2N3O3. The van der Waals surface area contributed by atoms with Crippen LogP contribution in [0.15, 0.2) is 41.3 Å². The molecule has 29 heavy (non-hydrogen) atoms. The molecule has 0 amide bonds. The molecule has 6 nitrogen and oxygen atoms in total. The smallest absolute Gasteiger partial charge is 0.341 e. The number of benzene rings is 2. The highest BCUT2D eigenvalue weighted by molar-refractivity contribution is 5.95. The Hall–Kier alpha value is -3.26. The number of halogens is 2. The zero-order chi connectivity index (χ0) is 20.7. The molecule has 1 saturated heterocycles. The number of rotatable bonds is 3. The topological polar surface area (TPSA) is 74.6 Å². The molecule has 8 heteroatoms. The monoisotopic (exact) mass is 399 g/mol. The molecule has 2 heterocycles. The number of hydrogen-bond acceptors (Lipinski definition) is 4. The van der Waals surface area contributed by atoms with Crippen molar-refractivity contribution in [1.82, 2.24) is 9.88 Å². The van der Waals surface area contributed by atoms with Crippen molar-refractivity contribution in [3.05, 3.63) is 69.5 Å². The van der Waals surface area contributed by atoms with E-state index < -0.39 is 28.6 Å². The van der Waals surface area contributed by atoms with Gasteiger partial charge in [-0.1, -0.05) is 0 Å². The number of nitrogens with one attached hydrogen (secondary N) is 1. The zero-order valence-corrected chi connectivity index (χ0v) is 15.7. The molecule has 2 N–H and O–H groups in total. The van der Waals surface area contributed by atoms with Gasteiger partial charge in [-0.25, -0.2) is 13.6 Å². The van der Waals surface area contributed by atoms with Crippen molar-refractivity contribution in [3.63, 3.8) is 0 Å². The van der Waals surface area contributed by atoms with E-state index in [1.807, 2.05) is 4.90 Å². The number of aryl methyl sites for hydroxylation is 1. The predicted molar refractivity (Wildman–Crippen MR) is 106 cm³/mol. The van der Waals surface area contributed by atoms with Gasteiger partial charge in [0, 0.05) is 43.6 Å². The molecule has 1 aliphatic rings. The second-order valence-electron chi connectivity index (χ2n) is 6.99. The molecule has 0 unspecified atom stereocenters. The number of fused-ring (bicyclic) bond motifs is 1. The number of nitrogens with zero attached hydrogens (tertiary/aromatic N) is 2. The average molecular weight is 399 g/mol. The van der Waals surface area contributed by atoms with Crippen LogP contribution >= 0.6 is 0 Å². The Balaban J connectivity index is 2.07. The van der Waals surface area contributed by atoms with Gasteiger partial charge in [-0.2, -0.15) is 0 Å². The summed E-state index contributed by atoms with van der Waals surface area (Å²) < 4.78 is 30.1. The minimum absolute atomic E-state index is 0.00519. The van der Waals surface area contributed by atoms with Crippen molar-refractivity contribution in [2.24, 2.45) is 0 Å². The van der Waals surface area contributed by atoms with Gasteiger partial charge in [-0.05, 0) is 37.3 Å². The Morgan fingerprint density at radius 3 is 2.41 bits per heavy atom. The Morgan fingerprint density at radius 1 is 1.14 bits per heavy atom. The third-order valence-corrected chi connectivity index (χ3v) is 5.24. The van der Waals surface area contributed by atoms with Gasteiger partial charge >= 0.3 is 5.97 Å². The van der Waals surface area contributed by atoms with E-state index in [0.717, 1.165) is 0 Å². The maximum Gasteiger partial charge on any atom is 0.341 e. The summed E-state index contributed by atoms with van der Waals surface area (Å²) in [4.78, 5) is 26.3. The third kappa shape index (κ3) is 3.25. The summed E-state index contributed by atoms with van der Waals surface area (Å²) in [6, 6.07) is 7.02. The highest BCUT2D eigenvalue weighted by Gasteiger charge is 2.23. The van der Waals surface area contributed by atoms with E-state index >= 15 is 4.39 Å². The first-order valence-corrected chi connectivity index (χ1v) is 9.22. The Kier molecular flexibility index (Phi) is 4.79. The molecule has 3 aromatic rings. The first-order valence-electron chi connectivity index (χ1n) is 9.22. The lowest BCUT2D eigenvalue weighted by Gasteiger charge is -2.30. The quantitative estimate of drug-likeness (QED) is 0.709. The summed E-state index contributed by atoms with van der Waals surface area (Å²) in [5, 5.41) is 12.7. The van der Waals surface area contributed by atoms with Gasteiger partial charge in [0.05, 0.1) is 16.6 Å². The molecule has 1 fully saturated rings. The summed E-state index contributed by atoms with van der Waals surface area (Å²) in [7, 11) is 0. The number of hydrogen-bond donors (Lipinski definition) is 2. The Morgan fingerprint density at radius 2 is 1.79 bits per heavy atom. The van der Waals surface area contributed by atoms with Crippen LogP contribution in [-0.2, 0) is 0 Å². The molecule has 1 aromatic heterocycles. The van der Waals surface area contributed by atoms with Crippen molar-refractivity contribution in [1.29, 1.82) is 0 Å². The van der Waals surface area contributed by atoms with Gasteiger partial charge in [0.1, 0.15) is 17.2 Å². The highest BCUT2D eigenvalue weighted by atomic mass is 19.1. The molecule has 4 rings (SSSR count). The van der Waals surface area contributed by atoms with Crippen LogP contribution in [0.2, 0.25) is 0 Å². The van der Waals surface area contributed by atoms with Crippen molar-refractivity contribution in [2.75, 3.05) is 31.1 Å². The highest BCUT2D eigenvalue weighted by Crippen LogP contribution is 2.30. The van der Waals surface area contributed by atoms with Crippen LogP contribution in [0.5, 0.6) is 0 Å². The normalized spacial score (nSPS) is 14.4. The number of aromatic carboxylic acids is 1. The summed E-state index contributed by atoms with van der Waals surface area (Å²) >= 11 is 0. The van der Waals surface area contributed by atoms with Gasteiger partial charge < -0.3 is 19.9 Å². The Labute approximate surface area is 165 Å². The summed E-state index contributed by atoms with van der Waals surface area (Å²) in [5.41, 5.74) is 0.0819. The fraction of sp³-hybridized carbons (Fsp3) is 0.238. The van der Waals surface area contributed by atoms with E-state index in [-0.39, 0.29) is 10.9 Å². The minimum atomic E-state index is -1.40. The predicted octanol–water partition coefficient (Wildman–Crippen LogP) is 2.69. The maximum absolute atomic E-state index is 15.2. The molecule has 150 valence electrons. The van der Waals surface area contributed by atoms with Gasteiger partial charge in [-0.15, -0.1) is 0 Å². The van der Waals surface area contributed by atoms with E-state index in [0.29, 0.717) is 43.1 Å². The molecule has 2 aromatic carbocycles. The summed E-state index contributed by atoms with van der Waals surface area (Å²) in [6.45, 7) is 4.11. The largest absolute Gasteiger partial charge is 0.477 e.